The fraction of sp³-hybridized carbons (Fsp3) is 0.0556. The molecule has 0 fully saturated rings. The van der Waals surface area contributed by atoms with Crippen LogP contribution in [0.1, 0.15) is 10.4 Å². The third-order valence-electron chi connectivity index (χ3n) is 3.89. The maximum Gasteiger partial charge on any atom is 0.255 e. The van der Waals surface area contributed by atoms with Crippen molar-refractivity contribution in [3.8, 4) is 5.69 Å². The van der Waals surface area contributed by atoms with E-state index in [9.17, 15) is 4.79 Å². The van der Waals surface area contributed by atoms with Crippen LogP contribution < -0.4 is 5.32 Å². The zero-order chi connectivity index (χ0) is 19.5. The number of tetrazole rings is 1. The topological polar surface area (TPSA) is 90.5 Å². The van der Waals surface area contributed by atoms with E-state index in [-0.39, 0.29) is 5.91 Å². The lowest BCUT2D eigenvalue weighted by atomic mass is 10.2. The van der Waals surface area contributed by atoms with Gasteiger partial charge in [-0.3, -0.25) is 4.79 Å². The van der Waals surface area contributed by atoms with Gasteiger partial charge >= 0.3 is 0 Å². The SMILES string of the molecule is Cn1ccnc1Sc1ccc(Cl)cc1NC(=O)c1cccc(-n2cnnn2)c1. The van der Waals surface area contributed by atoms with Crippen molar-refractivity contribution in [1.82, 2.24) is 29.8 Å². The summed E-state index contributed by atoms with van der Waals surface area (Å²) in [7, 11) is 1.91. The van der Waals surface area contributed by atoms with Crippen LogP contribution in [0.3, 0.4) is 0 Å². The van der Waals surface area contributed by atoms with Crippen molar-refractivity contribution in [3.05, 3.63) is 71.8 Å². The standard InChI is InChI=1S/C18H14ClN7OS/c1-25-8-7-20-18(25)28-16-6-5-13(19)10-15(16)22-17(27)12-3-2-4-14(9-12)26-11-21-23-24-26/h2-11H,1H3,(H,22,27). The molecule has 28 heavy (non-hydrogen) atoms. The highest BCUT2D eigenvalue weighted by Crippen LogP contribution is 2.34. The van der Waals surface area contributed by atoms with Gasteiger partial charge in [0.25, 0.3) is 5.91 Å². The van der Waals surface area contributed by atoms with Crippen LogP contribution in [0.2, 0.25) is 5.02 Å². The molecule has 140 valence electrons. The first-order valence-corrected chi connectivity index (χ1v) is 9.39. The minimum Gasteiger partial charge on any atom is -0.329 e. The third kappa shape index (κ3) is 3.90. The Labute approximate surface area is 169 Å². The van der Waals surface area contributed by atoms with E-state index >= 15 is 0 Å². The highest BCUT2D eigenvalue weighted by Gasteiger charge is 2.13. The smallest absolute Gasteiger partial charge is 0.255 e. The number of amides is 1. The van der Waals surface area contributed by atoms with Gasteiger partial charge < -0.3 is 9.88 Å². The molecule has 0 saturated carbocycles. The second-order valence-corrected chi connectivity index (χ2v) is 7.27. The normalized spacial score (nSPS) is 10.8. The summed E-state index contributed by atoms with van der Waals surface area (Å²) in [5.74, 6) is -0.265. The van der Waals surface area contributed by atoms with Crippen molar-refractivity contribution in [3.63, 3.8) is 0 Å². The summed E-state index contributed by atoms with van der Waals surface area (Å²) in [5.41, 5.74) is 1.77. The van der Waals surface area contributed by atoms with E-state index in [4.69, 9.17) is 11.6 Å². The van der Waals surface area contributed by atoms with Crippen LogP contribution in [0.5, 0.6) is 0 Å². The molecule has 0 aliphatic rings. The van der Waals surface area contributed by atoms with Crippen molar-refractivity contribution in [1.29, 1.82) is 0 Å². The Morgan fingerprint density at radius 2 is 2.11 bits per heavy atom. The summed E-state index contributed by atoms with van der Waals surface area (Å²) in [6, 6.07) is 12.4. The maximum absolute atomic E-state index is 12.8. The first-order chi connectivity index (χ1) is 13.6. The number of nitrogens with zero attached hydrogens (tertiary/aromatic N) is 6. The van der Waals surface area contributed by atoms with E-state index in [0.717, 1.165) is 10.1 Å². The van der Waals surface area contributed by atoms with Crippen LogP contribution in [0.25, 0.3) is 5.69 Å². The molecule has 2 aromatic heterocycles. The molecule has 1 amide bonds. The molecule has 0 atom stereocenters. The van der Waals surface area contributed by atoms with Crippen molar-refractivity contribution >= 4 is 35.0 Å². The second-order valence-electron chi connectivity index (χ2n) is 5.82. The lowest BCUT2D eigenvalue weighted by molar-refractivity contribution is 0.102. The molecule has 4 aromatic rings. The van der Waals surface area contributed by atoms with Gasteiger partial charge in [-0.05, 0) is 58.6 Å². The molecule has 1 N–H and O–H groups in total. The number of benzene rings is 2. The molecular formula is C18H14ClN7OS. The van der Waals surface area contributed by atoms with Crippen LogP contribution >= 0.6 is 23.4 Å². The van der Waals surface area contributed by atoms with Gasteiger partial charge in [0.1, 0.15) is 6.33 Å². The average molecular weight is 412 g/mol. The molecule has 0 unspecified atom stereocenters. The van der Waals surface area contributed by atoms with Gasteiger partial charge in [-0.15, -0.1) is 5.10 Å². The van der Waals surface area contributed by atoms with Crippen LogP contribution in [-0.2, 0) is 7.05 Å². The van der Waals surface area contributed by atoms with Gasteiger partial charge in [-0.1, -0.05) is 17.7 Å². The van der Waals surface area contributed by atoms with Crippen LogP contribution in [0, 0.1) is 0 Å². The molecule has 2 heterocycles. The first-order valence-electron chi connectivity index (χ1n) is 8.19. The molecule has 8 nitrogen and oxygen atoms in total. The number of halogens is 1. The monoisotopic (exact) mass is 411 g/mol. The Morgan fingerprint density at radius 3 is 2.86 bits per heavy atom. The van der Waals surface area contributed by atoms with Crippen LogP contribution in [-0.4, -0.2) is 35.7 Å². The van der Waals surface area contributed by atoms with E-state index in [2.05, 4.69) is 25.8 Å². The number of imidazole rings is 1. The fourth-order valence-corrected chi connectivity index (χ4v) is 3.54. The van der Waals surface area contributed by atoms with Crippen LogP contribution in [0.4, 0.5) is 5.69 Å². The maximum atomic E-state index is 12.8. The number of nitrogens with one attached hydrogen (secondary N) is 1. The summed E-state index contributed by atoms with van der Waals surface area (Å²) in [6.45, 7) is 0. The zero-order valence-electron chi connectivity index (χ0n) is 14.7. The summed E-state index contributed by atoms with van der Waals surface area (Å²) in [4.78, 5) is 18.0. The van der Waals surface area contributed by atoms with E-state index in [0.29, 0.717) is 22.0 Å². The van der Waals surface area contributed by atoms with Crippen molar-refractivity contribution < 1.29 is 4.79 Å². The Morgan fingerprint density at radius 1 is 1.21 bits per heavy atom. The fourth-order valence-electron chi connectivity index (χ4n) is 2.50. The van der Waals surface area contributed by atoms with Gasteiger partial charge in [0.15, 0.2) is 5.16 Å². The van der Waals surface area contributed by atoms with Crippen LogP contribution in [0.15, 0.2) is 71.2 Å². The van der Waals surface area contributed by atoms with E-state index in [1.807, 2.05) is 29.9 Å². The molecule has 0 bridgehead atoms. The lowest BCUT2D eigenvalue weighted by Gasteiger charge is -2.12. The van der Waals surface area contributed by atoms with Gasteiger partial charge in [0.2, 0.25) is 0 Å². The Hall–Kier alpha value is -3.17. The van der Waals surface area contributed by atoms with E-state index < -0.39 is 0 Å². The molecule has 0 aliphatic carbocycles. The van der Waals surface area contributed by atoms with Crippen molar-refractivity contribution in [2.45, 2.75) is 10.1 Å². The van der Waals surface area contributed by atoms with Crippen molar-refractivity contribution in [2.75, 3.05) is 5.32 Å². The van der Waals surface area contributed by atoms with Gasteiger partial charge in [0, 0.05) is 34.9 Å². The number of hydrogen-bond donors (Lipinski definition) is 1. The second kappa shape index (κ2) is 7.83. The van der Waals surface area contributed by atoms with Gasteiger partial charge in [-0.25, -0.2) is 9.67 Å². The quantitative estimate of drug-likeness (QED) is 0.541. The van der Waals surface area contributed by atoms with Crippen molar-refractivity contribution in [2.24, 2.45) is 7.05 Å². The minimum atomic E-state index is -0.265. The molecule has 2 aromatic carbocycles. The van der Waals surface area contributed by atoms with Gasteiger partial charge in [-0.2, -0.15) is 0 Å². The number of rotatable bonds is 5. The van der Waals surface area contributed by atoms with E-state index in [1.165, 1.54) is 22.8 Å². The minimum absolute atomic E-state index is 0.265. The number of carbonyl (C=O) groups is 1. The predicted octanol–water partition coefficient (Wildman–Crippen LogP) is 3.45. The first kappa shape index (κ1) is 18.2. The Bertz CT molecular complexity index is 1130. The lowest BCUT2D eigenvalue weighted by Crippen LogP contribution is -2.13. The Balaban J connectivity index is 1.60. The number of carbonyl (C=O) groups excluding carboxylic acids is 1. The highest BCUT2D eigenvalue weighted by molar-refractivity contribution is 7.99. The molecule has 10 heteroatoms. The predicted molar refractivity (Wildman–Crippen MR) is 106 cm³/mol. The number of hydrogen-bond acceptors (Lipinski definition) is 6. The molecule has 4 rings (SSSR count). The number of anilines is 1. The van der Waals surface area contributed by atoms with Gasteiger partial charge in [0.05, 0.1) is 11.4 Å². The van der Waals surface area contributed by atoms with E-state index in [1.54, 1.807) is 36.5 Å². The highest BCUT2D eigenvalue weighted by atomic mass is 35.5. The summed E-state index contributed by atoms with van der Waals surface area (Å²) in [6.07, 6.45) is 5.05. The molecule has 0 radical (unpaired) electrons. The number of aryl methyl sites for hydroxylation is 1. The molecule has 0 aliphatic heterocycles. The zero-order valence-corrected chi connectivity index (χ0v) is 16.2. The largest absolute Gasteiger partial charge is 0.329 e. The molecular weight excluding hydrogens is 398 g/mol. The molecule has 0 spiro atoms. The molecule has 0 saturated heterocycles. The summed E-state index contributed by atoms with van der Waals surface area (Å²) in [5, 5.41) is 15.3. The Kier molecular flexibility index (Phi) is 5.09. The average Bonchev–Trinajstić information content (AvgIpc) is 3.36. The number of aromatic nitrogens is 6. The third-order valence-corrected chi connectivity index (χ3v) is 5.28. The summed E-state index contributed by atoms with van der Waals surface area (Å²) < 4.78 is 3.39. The summed E-state index contributed by atoms with van der Waals surface area (Å²) >= 11 is 7.59.